The summed E-state index contributed by atoms with van der Waals surface area (Å²) in [6.07, 6.45) is -3.55. The van der Waals surface area contributed by atoms with Crippen LogP contribution in [-0.4, -0.2) is 26.5 Å². The van der Waals surface area contributed by atoms with Gasteiger partial charge in [-0.2, -0.15) is 18.3 Å². The SMILES string of the molecule is CCC(=O)c1cc(Cl)cc(C)c1NC(=O)c1cc(C(F)(F)F)nn1-c1ncc(Cl)cc1Cl. The van der Waals surface area contributed by atoms with Gasteiger partial charge >= 0.3 is 6.18 Å². The first kappa shape index (κ1) is 24.0. The van der Waals surface area contributed by atoms with Crippen LogP contribution in [0.1, 0.15) is 45.4 Å². The lowest BCUT2D eigenvalue weighted by Gasteiger charge is -2.14. The Morgan fingerprint density at radius 2 is 1.78 bits per heavy atom. The summed E-state index contributed by atoms with van der Waals surface area (Å²) in [7, 11) is 0. The van der Waals surface area contributed by atoms with Gasteiger partial charge in [-0.15, -0.1) is 0 Å². The van der Waals surface area contributed by atoms with Crippen LogP contribution in [-0.2, 0) is 6.18 Å². The van der Waals surface area contributed by atoms with Gasteiger partial charge in [0, 0.05) is 29.3 Å². The number of nitrogens with one attached hydrogen (secondary N) is 1. The number of nitrogens with zero attached hydrogens (tertiary/aromatic N) is 3. The zero-order valence-electron chi connectivity index (χ0n) is 16.5. The molecule has 2 aromatic heterocycles. The second-order valence-electron chi connectivity index (χ2n) is 6.66. The largest absolute Gasteiger partial charge is 0.435 e. The Morgan fingerprint density at radius 1 is 1.09 bits per heavy atom. The maximum Gasteiger partial charge on any atom is 0.435 e. The third-order valence-electron chi connectivity index (χ3n) is 4.38. The Kier molecular flexibility index (Phi) is 6.83. The third kappa shape index (κ3) is 4.90. The van der Waals surface area contributed by atoms with Gasteiger partial charge in [0.25, 0.3) is 5.91 Å². The van der Waals surface area contributed by atoms with Crippen molar-refractivity contribution in [3.05, 3.63) is 68.0 Å². The highest BCUT2D eigenvalue weighted by molar-refractivity contribution is 6.35. The first-order valence-electron chi connectivity index (χ1n) is 9.05. The van der Waals surface area contributed by atoms with Crippen LogP contribution in [0.5, 0.6) is 0 Å². The van der Waals surface area contributed by atoms with Crippen LogP contribution in [0.25, 0.3) is 5.82 Å². The van der Waals surface area contributed by atoms with Crippen molar-refractivity contribution in [1.82, 2.24) is 14.8 Å². The molecule has 0 aliphatic carbocycles. The van der Waals surface area contributed by atoms with Gasteiger partial charge < -0.3 is 5.32 Å². The van der Waals surface area contributed by atoms with Gasteiger partial charge in [0.1, 0.15) is 5.69 Å². The highest BCUT2D eigenvalue weighted by atomic mass is 35.5. The van der Waals surface area contributed by atoms with E-state index >= 15 is 0 Å². The fraction of sp³-hybridized carbons (Fsp3) is 0.200. The molecule has 2 heterocycles. The molecule has 0 unspecified atom stereocenters. The quantitative estimate of drug-likeness (QED) is 0.407. The van der Waals surface area contributed by atoms with Crippen molar-refractivity contribution < 1.29 is 22.8 Å². The maximum atomic E-state index is 13.3. The number of ketones is 1. The molecule has 0 spiro atoms. The Bertz CT molecular complexity index is 1230. The number of aromatic nitrogens is 3. The van der Waals surface area contributed by atoms with E-state index in [1.165, 1.54) is 18.2 Å². The van der Waals surface area contributed by atoms with Crippen molar-refractivity contribution >= 4 is 52.2 Å². The van der Waals surface area contributed by atoms with Gasteiger partial charge in [0.05, 0.1) is 15.7 Å². The number of hydrogen-bond donors (Lipinski definition) is 1. The van der Waals surface area contributed by atoms with Crippen LogP contribution in [0.3, 0.4) is 0 Å². The third-order valence-corrected chi connectivity index (χ3v) is 5.08. The number of carbonyl (C=O) groups excluding carboxylic acids is 2. The minimum atomic E-state index is -4.83. The van der Waals surface area contributed by atoms with Crippen molar-refractivity contribution in [2.75, 3.05) is 5.32 Å². The summed E-state index contributed by atoms with van der Waals surface area (Å²) in [4.78, 5) is 29.3. The van der Waals surface area contributed by atoms with Crippen LogP contribution in [0.15, 0.2) is 30.5 Å². The van der Waals surface area contributed by atoms with Crippen LogP contribution >= 0.6 is 34.8 Å². The van der Waals surface area contributed by atoms with Crippen molar-refractivity contribution in [3.8, 4) is 5.82 Å². The highest BCUT2D eigenvalue weighted by Gasteiger charge is 2.37. The number of benzene rings is 1. The van der Waals surface area contributed by atoms with E-state index in [9.17, 15) is 22.8 Å². The molecule has 6 nitrogen and oxygen atoms in total. The Hall–Kier alpha value is -2.62. The molecule has 32 heavy (non-hydrogen) atoms. The summed E-state index contributed by atoms with van der Waals surface area (Å²) in [5, 5.41) is 6.27. The fourth-order valence-corrected chi connectivity index (χ4v) is 3.64. The number of halogens is 6. The molecule has 0 saturated heterocycles. The lowest BCUT2D eigenvalue weighted by atomic mass is 10.0. The summed E-state index contributed by atoms with van der Waals surface area (Å²) in [5.74, 6) is -1.50. The lowest BCUT2D eigenvalue weighted by Crippen LogP contribution is -2.20. The summed E-state index contributed by atoms with van der Waals surface area (Å²) >= 11 is 17.9. The van der Waals surface area contributed by atoms with E-state index in [0.29, 0.717) is 16.3 Å². The van der Waals surface area contributed by atoms with E-state index in [1.54, 1.807) is 13.8 Å². The first-order chi connectivity index (χ1) is 14.9. The van der Waals surface area contributed by atoms with Gasteiger partial charge in [0.2, 0.25) is 0 Å². The molecule has 0 aliphatic rings. The van der Waals surface area contributed by atoms with Gasteiger partial charge in [-0.1, -0.05) is 41.7 Å². The zero-order chi connectivity index (χ0) is 23.8. The van der Waals surface area contributed by atoms with Crippen molar-refractivity contribution in [2.24, 2.45) is 0 Å². The van der Waals surface area contributed by atoms with E-state index in [2.05, 4.69) is 15.4 Å². The zero-order valence-corrected chi connectivity index (χ0v) is 18.8. The number of amides is 1. The Labute approximate surface area is 195 Å². The monoisotopic (exact) mass is 504 g/mol. The number of aryl methyl sites for hydroxylation is 1. The van der Waals surface area contributed by atoms with E-state index < -0.39 is 23.5 Å². The molecule has 0 bridgehead atoms. The van der Waals surface area contributed by atoms with Crippen LogP contribution in [0.2, 0.25) is 15.1 Å². The van der Waals surface area contributed by atoms with Gasteiger partial charge in [-0.3, -0.25) is 9.59 Å². The first-order valence-corrected chi connectivity index (χ1v) is 10.2. The van der Waals surface area contributed by atoms with Gasteiger partial charge in [-0.25, -0.2) is 9.67 Å². The van der Waals surface area contributed by atoms with E-state index in [1.807, 2.05) is 0 Å². The number of alkyl halides is 3. The van der Waals surface area contributed by atoms with Gasteiger partial charge in [-0.05, 0) is 30.7 Å². The van der Waals surface area contributed by atoms with E-state index in [-0.39, 0.29) is 44.3 Å². The molecule has 1 aromatic carbocycles. The molecule has 0 fully saturated rings. The minimum absolute atomic E-state index is 0.118. The second-order valence-corrected chi connectivity index (χ2v) is 7.94. The molecule has 3 rings (SSSR count). The minimum Gasteiger partial charge on any atom is -0.320 e. The molecule has 0 aliphatic heterocycles. The number of pyridine rings is 1. The summed E-state index contributed by atoms with van der Waals surface area (Å²) in [6, 6.07) is 4.71. The Balaban J connectivity index is 2.13. The lowest BCUT2D eigenvalue weighted by molar-refractivity contribution is -0.141. The van der Waals surface area contributed by atoms with Crippen LogP contribution in [0, 0.1) is 6.92 Å². The average molecular weight is 506 g/mol. The molecule has 1 N–H and O–H groups in total. The molecular weight excluding hydrogens is 492 g/mol. The topological polar surface area (TPSA) is 76.9 Å². The number of Topliss-reactive ketones (excluding diaryl/α,β-unsaturated/α-hetero) is 1. The maximum absolute atomic E-state index is 13.3. The smallest absolute Gasteiger partial charge is 0.320 e. The molecule has 0 saturated carbocycles. The molecule has 1 amide bonds. The van der Waals surface area contributed by atoms with Crippen molar-refractivity contribution in [1.29, 1.82) is 0 Å². The molecule has 168 valence electrons. The second kappa shape index (κ2) is 9.09. The van der Waals surface area contributed by atoms with Gasteiger partial charge in [0.15, 0.2) is 17.3 Å². The van der Waals surface area contributed by atoms with E-state index in [0.717, 1.165) is 6.20 Å². The normalized spacial score (nSPS) is 11.5. The number of hydrogen-bond acceptors (Lipinski definition) is 4. The number of carbonyl (C=O) groups is 2. The molecule has 12 heteroatoms. The van der Waals surface area contributed by atoms with Crippen LogP contribution in [0.4, 0.5) is 18.9 Å². The fourth-order valence-electron chi connectivity index (χ4n) is 2.90. The molecule has 0 atom stereocenters. The standard InChI is InChI=1S/C20H14Cl3F3N4O2/c1-3-15(31)12-5-10(21)4-9(2)17(12)28-19(32)14-7-16(20(24,25)26)29-30(14)18-13(23)6-11(22)8-27-18/h4-8H,3H2,1-2H3,(H,28,32). The number of rotatable bonds is 5. The Morgan fingerprint density at radius 3 is 2.38 bits per heavy atom. The highest BCUT2D eigenvalue weighted by Crippen LogP contribution is 2.32. The molecule has 3 aromatic rings. The average Bonchev–Trinajstić information content (AvgIpc) is 3.14. The molecular formula is C20H14Cl3F3N4O2. The van der Waals surface area contributed by atoms with Crippen LogP contribution < -0.4 is 5.32 Å². The number of anilines is 1. The summed E-state index contributed by atoms with van der Waals surface area (Å²) in [5.41, 5.74) is -1.11. The predicted molar refractivity (Wildman–Crippen MR) is 115 cm³/mol. The van der Waals surface area contributed by atoms with Crippen molar-refractivity contribution in [2.45, 2.75) is 26.4 Å². The van der Waals surface area contributed by atoms with E-state index in [4.69, 9.17) is 34.8 Å². The van der Waals surface area contributed by atoms with Crippen molar-refractivity contribution in [3.63, 3.8) is 0 Å². The summed E-state index contributed by atoms with van der Waals surface area (Å²) in [6.45, 7) is 3.23. The molecule has 0 radical (unpaired) electrons. The predicted octanol–water partition coefficient (Wildman–Crippen LogP) is 6.40. The summed E-state index contributed by atoms with van der Waals surface area (Å²) < 4.78 is 40.7.